The smallest absolute Gasteiger partial charge is 0.114 e. The Bertz CT molecular complexity index is 352. The van der Waals surface area contributed by atoms with E-state index in [-0.39, 0.29) is 13.2 Å². The Morgan fingerprint density at radius 3 is 1.59 bits per heavy atom. The van der Waals surface area contributed by atoms with E-state index in [0.717, 1.165) is 12.8 Å². The third kappa shape index (κ3) is 13.0. The van der Waals surface area contributed by atoms with Crippen LogP contribution >= 0.6 is 0 Å². The molecule has 0 saturated carbocycles. The van der Waals surface area contributed by atoms with Crippen LogP contribution in [-0.2, 0) is 9.47 Å². The van der Waals surface area contributed by atoms with E-state index in [0.29, 0.717) is 6.61 Å². The van der Waals surface area contributed by atoms with Crippen molar-refractivity contribution < 1.29 is 24.8 Å². The number of hydrogen-bond acceptors (Lipinski definition) is 5. The first-order valence-corrected chi connectivity index (χ1v) is 12.4. The average Bonchev–Trinajstić information content (AvgIpc) is 3.06. The van der Waals surface area contributed by atoms with E-state index in [1.165, 1.54) is 89.9 Å². The van der Waals surface area contributed by atoms with Crippen LogP contribution in [0.25, 0.3) is 0 Å². The predicted octanol–water partition coefficient (Wildman–Crippen LogP) is 4.75. The summed E-state index contributed by atoms with van der Waals surface area (Å²) < 4.78 is 11.0. The third-order valence-corrected chi connectivity index (χ3v) is 6.07. The number of rotatable bonds is 20. The molecule has 0 aliphatic carbocycles. The summed E-state index contributed by atoms with van der Waals surface area (Å²) >= 11 is 0. The molecule has 0 amide bonds. The average molecular weight is 417 g/mol. The standard InChI is InChI=1S/C24H48O5/c1-2-3-4-5-6-7-8-9-10-11-12-13-14-15-16-17-18-28-22(19-25)24-23(27)21(26)20-29-24/h21-27H,2-20H2,1H3/t21-,22+,23-,24-/m0/s1. The molecule has 5 heteroatoms. The molecule has 0 radical (unpaired) electrons. The van der Waals surface area contributed by atoms with Gasteiger partial charge in [0.15, 0.2) is 0 Å². The molecular formula is C24H48O5. The van der Waals surface area contributed by atoms with Crippen molar-refractivity contribution in [3.63, 3.8) is 0 Å². The largest absolute Gasteiger partial charge is 0.394 e. The van der Waals surface area contributed by atoms with Crippen LogP contribution in [0.15, 0.2) is 0 Å². The van der Waals surface area contributed by atoms with Crippen molar-refractivity contribution in [1.29, 1.82) is 0 Å². The predicted molar refractivity (Wildman–Crippen MR) is 118 cm³/mol. The molecule has 0 bridgehead atoms. The Kier molecular flexibility index (Phi) is 17.2. The molecule has 1 rings (SSSR count). The molecule has 1 aliphatic rings. The van der Waals surface area contributed by atoms with Crippen molar-refractivity contribution in [3.8, 4) is 0 Å². The van der Waals surface area contributed by atoms with E-state index in [4.69, 9.17) is 9.47 Å². The zero-order valence-corrected chi connectivity index (χ0v) is 18.9. The summed E-state index contributed by atoms with van der Waals surface area (Å²) in [6, 6.07) is 0. The minimum absolute atomic E-state index is 0.102. The van der Waals surface area contributed by atoms with Gasteiger partial charge in [0.1, 0.15) is 24.4 Å². The Hall–Kier alpha value is -0.200. The Morgan fingerprint density at radius 2 is 1.21 bits per heavy atom. The summed E-state index contributed by atoms with van der Waals surface area (Å²) in [4.78, 5) is 0. The molecule has 29 heavy (non-hydrogen) atoms. The molecule has 0 unspecified atom stereocenters. The molecule has 0 aromatic carbocycles. The molecular weight excluding hydrogens is 368 g/mol. The number of aliphatic hydroxyl groups excluding tert-OH is 3. The molecule has 0 aromatic rings. The monoisotopic (exact) mass is 416 g/mol. The fraction of sp³-hybridized carbons (Fsp3) is 1.00. The summed E-state index contributed by atoms with van der Waals surface area (Å²) in [5.41, 5.74) is 0. The fourth-order valence-electron chi connectivity index (χ4n) is 4.09. The van der Waals surface area contributed by atoms with Gasteiger partial charge in [0.2, 0.25) is 0 Å². The normalized spacial score (nSPS) is 23.0. The number of unbranched alkanes of at least 4 members (excludes halogenated alkanes) is 15. The first kappa shape index (κ1) is 26.8. The van der Waals surface area contributed by atoms with Gasteiger partial charge in [-0.05, 0) is 6.42 Å². The molecule has 1 heterocycles. The van der Waals surface area contributed by atoms with Gasteiger partial charge < -0.3 is 24.8 Å². The van der Waals surface area contributed by atoms with Crippen LogP contribution in [0.5, 0.6) is 0 Å². The van der Waals surface area contributed by atoms with Crippen LogP contribution in [0.2, 0.25) is 0 Å². The van der Waals surface area contributed by atoms with E-state index in [2.05, 4.69) is 6.92 Å². The Labute approximate surface area is 179 Å². The molecule has 0 aromatic heterocycles. The van der Waals surface area contributed by atoms with Crippen molar-refractivity contribution >= 4 is 0 Å². The minimum atomic E-state index is -0.974. The van der Waals surface area contributed by atoms with Gasteiger partial charge in [-0.2, -0.15) is 0 Å². The van der Waals surface area contributed by atoms with Gasteiger partial charge in [-0.25, -0.2) is 0 Å². The second-order valence-electron chi connectivity index (χ2n) is 8.75. The number of hydrogen-bond donors (Lipinski definition) is 3. The van der Waals surface area contributed by atoms with Crippen LogP contribution < -0.4 is 0 Å². The lowest BCUT2D eigenvalue weighted by Crippen LogP contribution is -2.42. The quantitative estimate of drug-likeness (QED) is 0.250. The molecule has 4 atom stereocenters. The summed E-state index contributed by atoms with van der Waals surface area (Å²) in [7, 11) is 0. The lowest BCUT2D eigenvalue weighted by atomic mass is 10.0. The lowest BCUT2D eigenvalue weighted by molar-refractivity contribution is -0.101. The maximum atomic E-state index is 9.84. The molecule has 3 N–H and O–H groups in total. The summed E-state index contributed by atoms with van der Waals surface area (Å²) in [5.74, 6) is 0. The van der Waals surface area contributed by atoms with E-state index < -0.39 is 24.4 Å². The van der Waals surface area contributed by atoms with Crippen LogP contribution in [0, 0.1) is 0 Å². The number of aliphatic hydroxyl groups is 3. The molecule has 1 aliphatic heterocycles. The third-order valence-electron chi connectivity index (χ3n) is 6.07. The van der Waals surface area contributed by atoms with Gasteiger partial charge in [0.25, 0.3) is 0 Å². The first-order chi connectivity index (χ1) is 14.2. The summed E-state index contributed by atoms with van der Waals surface area (Å²) in [5, 5.41) is 28.8. The molecule has 5 nitrogen and oxygen atoms in total. The minimum Gasteiger partial charge on any atom is -0.394 e. The zero-order chi connectivity index (χ0) is 21.2. The second-order valence-corrected chi connectivity index (χ2v) is 8.75. The van der Waals surface area contributed by atoms with E-state index in [1.54, 1.807) is 0 Å². The molecule has 1 saturated heterocycles. The van der Waals surface area contributed by atoms with Crippen LogP contribution in [0.1, 0.15) is 110 Å². The van der Waals surface area contributed by atoms with Crippen molar-refractivity contribution in [2.75, 3.05) is 19.8 Å². The van der Waals surface area contributed by atoms with Gasteiger partial charge in [0.05, 0.1) is 13.2 Å². The maximum Gasteiger partial charge on any atom is 0.114 e. The van der Waals surface area contributed by atoms with Gasteiger partial charge in [-0.1, -0.05) is 103 Å². The van der Waals surface area contributed by atoms with Gasteiger partial charge in [-0.15, -0.1) is 0 Å². The fourth-order valence-corrected chi connectivity index (χ4v) is 4.09. The van der Waals surface area contributed by atoms with E-state index >= 15 is 0 Å². The summed E-state index contributed by atoms with van der Waals surface area (Å²) in [6.07, 6.45) is 18.3. The van der Waals surface area contributed by atoms with Crippen LogP contribution in [0.3, 0.4) is 0 Å². The van der Waals surface area contributed by atoms with Crippen molar-refractivity contribution in [2.24, 2.45) is 0 Å². The van der Waals surface area contributed by atoms with Crippen molar-refractivity contribution in [1.82, 2.24) is 0 Å². The van der Waals surface area contributed by atoms with Gasteiger partial charge >= 0.3 is 0 Å². The molecule has 0 spiro atoms. The Balaban J connectivity index is 1.81. The van der Waals surface area contributed by atoms with Gasteiger partial charge in [0, 0.05) is 6.61 Å². The highest BCUT2D eigenvalue weighted by molar-refractivity contribution is 4.88. The van der Waals surface area contributed by atoms with Gasteiger partial charge in [-0.3, -0.25) is 0 Å². The Morgan fingerprint density at radius 1 is 0.759 bits per heavy atom. The topological polar surface area (TPSA) is 79.2 Å². The van der Waals surface area contributed by atoms with E-state index in [9.17, 15) is 15.3 Å². The van der Waals surface area contributed by atoms with Crippen molar-refractivity contribution in [2.45, 2.75) is 134 Å². The lowest BCUT2D eigenvalue weighted by Gasteiger charge is -2.24. The first-order valence-electron chi connectivity index (χ1n) is 12.4. The van der Waals surface area contributed by atoms with E-state index in [1.807, 2.05) is 0 Å². The highest BCUT2D eigenvalue weighted by atomic mass is 16.6. The molecule has 174 valence electrons. The zero-order valence-electron chi connectivity index (χ0n) is 18.9. The van der Waals surface area contributed by atoms with Crippen LogP contribution in [0.4, 0.5) is 0 Å². The summed E-state index contributed by atoms with van der Waals surface area (Å²) in [6.45, 7) is 2.74. The second kappa shape index (κ2) is 18.6. The molecule has 1 fully saturated rings. The maximum absolute atomic E-state index is 9.84. The highest BCUT2D eigenvalue weighted by Gasteiger charge is 2.40. The van der Waals surface area contributed by atoms with Crippen LogP contribution in [-0.4, -0.2) is 59.6 Å². The highest BCUT2D eigenvalue weighted by Crippen LogP contribution is 2.20. The van der Waals surface area contributed by atoms with Crippen molar-refractivity contribution in [3.05, 3.63) is 0 Å². The SMILES string of the molecule is CCCCCCCCCCCCCCCCCCO[C@H](CO)[C@@H]1OC[C@H](O)[C@@H]1O. The number of ether oxygens (including phenoxy) is 2.